The highest BCUT2D eigenvalue weighted by Crippen LogP contribution is 2.48. The highest BCUT2D eigenvalue weighted by atomic mass is 16.6. The van der Waals surface area contributed by atoms with Crippen LogP contribution in [0.4, 0.5) is 0 Å². The van der Waals surface area contributed by atoms with Crippen LogP contribution >= 0.6 is 0 Å². The van der Waals surface area contributed by atoms with Gasteiger partial charge in [-0.3, -0.25) is 19.2 Å². The molecule has 8 nitrogen and oxygen atoms in total. The molecular formula is C50H64O8. The van der Waals surface area contributed by atoms with E-state index in [1.54, 1.807) is 0 Å². The average Bonchev–Trinajstić information content (AvgIpc) is 3.19. The van der Waals surface area contributed by atoms with Crippen LogP contribution in [-0.2, 0) is 19.2 Å². The van der Waals surface area contributed by atoms with E-state index in [2.05, 4.69) is 27.7 Å². The van der Waals surface area contributed by atoms with Crippen LogP contribution in [0.3, 0.4) is 0 Å². The lowest BCUT2D eigenvalue weighted by Gasteiger charge is -2.23. The second-order valence-corrected chi connectivity index (χ2v) is 16.0. The largest absolute Gasteiger partial charge is 0.425 e. The van der Waals surface area contributed by atoms with Crippen molar-refractivity contribution in [3.8, 4) is 23.0 Å². The first-order valence-corrected chi connectivity index (χ1v) is 22.2. The van der Waals surface area contributed by atoms with Gasteiger partial charge >= 0.3 is 23.9 Å². The van der Waals surface area contributed by atoms with Crippen molar-refractivity contribution in [3.05, 3.63) is 68.4 Å². The average molecular weight is 793 g/mol. The Hall–Kier alpha value is -4.72. The van der Waals surface area contributed by atoms with Gasteiger partial charge in [0.1, 0.15) is 23.0 Å². The number of carbonyl (C=O) groups is 4. The normalized spacial score (nSPS) is 11.6. The topological polar surface area (TPSA) is 105 Å². The van der Waals surface area contributed by atoms with E-state index in [9.17, 15) is 19.2 Å². The molecule has 1 aliphatic rings. The number of rotatable bonds is 24. The predicted molar refractivity (Wildman–Crippen MR) is 230 cm³/mol. The minimum atomic E-state index is -0.375. The van der Waals surface area contributed by atoms with Gasteiger partial charge in [-0.25, -0.2) is 0 Å². The van der Waals surface area contributed by atoms with Crippen molar-refractivity contribution in [2.24, 2.45) is 0 Å². The van der Waals surface area contributed by atoms with Crippen molar-refractivity contribution in [3.63, 3.8) is 0 Å². The molecule has 4 aromatic rings. The third-order valence-electron chi connectivity index (χ3n) is 11.2. The number of fused-ring (bicyclic) bond motifs is 4. The minimum Gasteiger partial charge on any atom is -0.425 e. The van der Waals surface area contributed by atoms with Gasteiger partial charge in [-0.15, -0.1) is 0 Å². The fourth-order valence-electron chi connectivity index (χ4n) is 8.04. The van der Waals surface area contributed by atoms with Crippen LogP contribution in [0, 0.1) is 34.7 Å². The first-order valence-electron chi connectivity index (χ1n) is 22.2. The fourth-order valence-corrected chi connectivity index (χ4v) is 8.04. The summed E-state index contributed by atoms with van der Waals surface area (Å²) in [5.41, 5.74) is 1.65. The highest BCUT2D eigenvalue weighted by Gasteiger charge is 2.31. The van der Waals surface area contributed by atoms with Crippen LogP contribution in [0.1, 0.15) is 167 Å². The van der Waals surface area contributed by atoms with Crippen LogP contribution < -0.4 is 18.9 Å². The molecule has 8 heteroatoms. The van der Waals surface area contributed by atoms with Gasteiger partial charge in [-0.1, -0.05) is 141 Å². The second-order valence-electron chi connectivity index (χ2n) is 16.0. The van der Waals surface area contributed by atoms with Gasteiger partial charge in [0, 0.05) is 68.1 Å². The number of hydrogen-bond acceptors (Lipinski definition) is 8. The van der Waals surface area contributed by atoms with Crippen molar-refractivity contribution < 1.29 is 38.1 Å². The molecule has 1 aliphatic carbocycles. The van der Waals surface area contributed by atoms with Gasteiger partial charge in [0.05, 0.1) is 0 Å². The van der Waals surface area contributed by atoms with Gasteiger partial charge in [-0.2, -0.15) is 0 Å². The summed E-state index contributed by atoms with van der Waals surface area (Å²) in [7, 11) is 0. The zero-order valence-electron chi connectivity index (χ0n) is 35.9. The van der Waals surface area contributed by atoms with Crippen LogP contribution in [0.15, 0.2) is 36.4 Å². The third kappa shape index (κ3) is 10.5. The molecule has 0 unspecified atom stereocenters. The zero-order valence-corrected chi connectivity index (χ0v) is 35.9. The Kier molecular flexibility index (Phi) is 16.7. The fraction of sp³-hybridized carbons (Fsp3) is 0.520. The van der Waals surface area contributed by atoms with E-state index in [-0.39, 0.29) is 49.6 Å². The van der Waals surface area contributed by atoms with E-state index in [4.69, 9.17) is 18.9 Å². The second kappa shape index (κ2) is 21.9. The maximum atomic E-state index is 13.8. The molecule has 312 valence electrons. The first kappa shape index (κ1) is 44.4. The number of ether oxygens (including phenoxy) is 4. The van der Waals surface area contributed by atoms with E-state index in [0.29, 0.717) is 91.1 Å². The van der Waals surface area contributed by atoms with Crippen molar-refractivity contribution >= 4 is 45.4 Å². The van der Waals surface area contributed by atoms with E-state index in [1.807, 2.05) is 50.2 Å². The molecule has 0 saturated heterocycles. The summed E-state index contributed by atoms with van der Waals surface area (Å²) in [6.45, 7) is 12.4. The van der Waals surface area contributed by atoms with Crippen molar-refractivity contribution in [1.29, 1.82) is 0 Å². The molecule has 5 rings (SSSR count). The highest BCUT2D eigenvalue weighted by molar-refractivity contribution is 6.02. The monoisotopic (exact) mass is 792 g/mol. The Balaban J connectivity index is 1.87. The molecule has 0 saturated carbocycles. The number of esters is 4. The molecule has 0 radical (unpaired) electrons. The third-order valence-corrected chi connectivity index (χ3v) is 11.2. The minimum absolute atomic E-state index is 0.237. The lowest BCUT2D eigenvalue weighted by molar-refractivity contribution is -0.135. The Morgan fingerprint density at radius 1 is 0.379 bits per heavy atom. The summed E-state index contributed by atoms with van der Waals surface area (Å²) in [5, 5.41) is 4.50. The summed E-state index contributed by atoms with van der Waals surface area (Å²) in [6, 6.07) is 11.4. The summed E-state index contributed by atoms with van der Waals surface area (Å²) in [5.74, 6) is -0.223. The summed E-state index contributed by atoms with van der Waals surface area (Å²) < 4.78 is 25.6. The summed E-state index contributed by atoms with van der Waals surface area (Å²) >= 11 is 0. The molecular weight excluding hydrogens is 729 g/mol. The molecule has 0 heterocycles. The molecule has 0 aromatic heterocycles. The van der Waals surface area contributed by atoms with Crippen molar-refractivity contribution in [2.75, 3.05) is 0 Å². The van der Waals surface area contributed by atoms with Gasteiger partial charge in [0.2, 0.25) is 0 Å². The van der Waals surface area contributed by atoms with Crippen LogP contribution in [-0.4, -0.2) is 23.9 Å². The van der Waals surface area contributed by atoms with Crippen molar-refractivity contribution in [1.82, 2.24) is 0 Å². The lowest BCUT2D eigenvalue weighted by atomic mass is 9.89. The molecule has 0 aliphatic heterocycles. The maximum absolute atomic E-state index is 13.8. The van der Waals surface area contributed by atoms with E-state index in [1.165, 1.54) is 0 Å². The Labute approximate surface area is 344 Å². The number of benzene rings is 4. The number of unbranched alkanes of at least 4 members (excludes halogenated alkanes) is 12. The first-order chi connectivity index (χ1) is 28.2. The summed E-state index contributed by atoms with van der Waals surface area (Å²) in [6.07, 6.45) is 15.6. The molecule has 0 bridgehead atoms. The van der Waals surface area contributed by atoms with E-state index < -0.39 is 0 Å². The summed E-state index contributed by atoms with van der Waals surface area (Å²) in [4.78, 5) is 55.0. The quantitative estimate of drug-likeness (QED) is 0.0345. The molecule has 0 N–H and O–H groups in total. The number of carbonyl (C=O) groups excluding carboxylic acids is 4. The van der Waals surface area contributed by atoms with E-state index in [0.717, 1.165) is 88.2 Å². The van der Waals surface area contributed by atoms with Crippen molar-refractivity contribution in [2.45, 2.75) is 170 Å². The van der Waals surface area contributed by atoms with Gasteiger partial charge in [0.25, 0.3) is 0 Å². The van der Waals surface area contributed by atoms with Gasteiger partial charge < -0.3 is 18.9 Å². The lowest BCUT2D eigenvalue weighted by Crippen LogP contribution is -2.16. The molecule has 0 amide bonds. The van der Waals surface area contributed by atoms with Crippen LogP contribution in [0.5, 0.6) is 23.0 Å². The van der Waals surface area contributed by atoms with Crippen LogP contribution in [0.2, 0.25) is 0 Å². The Morgan fingerprint density at radius 3 is 0.948 bits per heavy atom. The van der Waals surface area contributed by atoms with Crippen LogP contribution in [0.25, 0.3) is 21.5 Å². The predicted octanol–water partition coefficient (Wildman–Crippen LogP) is 13.0. The number of hydrogen-bond donors (Lipinski definition) is 0. The van der Waals surface area contributed by atoms with Gasteiger partial charge in [0.15, 0.2) is 0 Å². The molecule has 0 fully saturated rings. The standard InChI is InChI=1S/C50H64O8/c1-7-11-15-19-29-37(51)55-47-35-27-23-25-33(5)41(35)49(57-39(53)31-21-17-13-9-3)45-43(47)44-46(45)50(58-40(54)32-22-18-14-10-4)42-34(6)26-24-28-36(42)48(44)56-38(52)30-20-16-12-8-2/h23-28H,7-22,29-32H2,1-6H3. The van der Waals surface area contributed by atoms with Gasteiger partial charge in [-0.05, 0) is 50.7 Å². The molecule has 0 spiro atoms. The molecule has 0 atom stereocenters. The maximum Gasteiger partial charge on any atom is 0.311 e. The SMILES string of the molecule is CCCCCCC(=O)Oc1c2c(c(OC(=O)CCCCCC)c3c(C)cccc13)=c1c(OC(=O)CCCCCC)c3c(C)cccc3c(OC(=O)CCCCCC)c1=2. The molecule has 58 heavy (non-hydrogen) atoms. The number of aryl methyl sites for hydroxylation is 2. The Morgan fingerprint density at radius 2 is 0.655 bits per heavy atom. The smallest absolute Gasteiger partial charge is 0.311 e. The van der Waals surface area contributed by atoms with E-state index >= 15 is 0 Å². The molecule has 4 aromatic carbocycles. The Bertz CT molecular complexity index is 2150. The zero-order chi connectivity index (χ0) is 41.6.